The number of carbonyl (C=O) groups is 2. The van der Waals surface area contributed by atoms with Crippen LogP contribution in [0.2, 0.25) is 0 Å². The molecule has 0 fully saturated rings. The van der Waals surface area contributed by atoms with Crippen molar-refractivity contribution in [3.05, 3.63) is 69.1 Å². The number of rotatable bonds is 4. The molecule has 1 aliphatic heterocycles. The normalized spacial score (nSPS) is 14.7. The molecule has 2 aromatic rings. The van der Waals surface area contributed by atoms with Crippen molar-refractivity contribution in [1.82, 2.24) is 0 Å². The zero-order valence-corrected chi connectivity index (χ0v) is 17.5. The van der Waals surface area contributed by atoms with E-state index in [-0.39, 0.29) is 17.1 Å². The summed E-state index contributed by atoms with van der Waals surface area (Å²) in [6.07, 6.45) is 0. The van der Waals surface area contributed by atoms with Crippen molar-refractivity contribution in [3.63, 3.8) is 0 Å². The number of imide groups is 1. The highest BCUT2D eigenvalue weighted by Gasteiger charge is 2.40. The smallest absolute Gasteiger partial charge is 0.268 e. The summed E-state index contributed by atoms with van der Waals surface area (Å²) in [5.74, 6) is -0.465. The molecule has 0 radical (unpaired) electrons. The van der Waals surface area contributed by atoms with Crippen LogP contribution in [0, 0.1) is 27.7 Å². The maximum atomic E-state index is 13.4. The summed E-state index contributed by atoms with van der Waals surface area (Å²) in [4.78, 5) is 28.5. The summed E-state index contributed by atoms with van der Waals surface area (Å²) in [6, 6.07) is 11.8. The van der Waals surface area contributed by atoms with E-state index in [0.29, 0.717) is 16.2 Å². The fourth-order valence-electron chi connectivity index (χ4n) is 3.32. The fourth-order valence-corrected chi connectivity index (χ4v) is 4.31. The number of thioether (sulfide) groups is 1. The Hall–Kier alpha value is -2.33. The first-order valence-corrected chi connectivity index (χ1v) is 10.0. The maximum Gasteiger partial charge on any atom is 0.272 e. The number of hydrogen-bond donors (Lipinski definition) is 0. The second kappa shape index (κ2) is 7.35. The van der Waals surface area contributed by atoms with Crippen molar-refractivity contribution < 1.29 is 9.59 Å². The molecule has 140 valence electrons. The van der Waals surface area contributed by atoms with Gasteiger partial charge in [-0.3, -0.25) is 9.59 Å². The molecule has 0 atom stereocenters. The van der Waals surface area contributed by atoms with E-state index in [1.165, 1.54) is 22.2 Å². The molecular formula is C23H25NO2S. The molecule has 3 rings (SSSR count). The van der Waals surface area contributed by atoms with Crippen LogP contribution in [0.3, 0.4) is 0 Å². The van der Waals surface area contributed by atoms with E-state index < -0.39 is 0 Å². The van der Waals surface area contributed by atoms with Crippen molar-refractivity contribution in [2.24, 2.45) is 0 Å². The SMILES string of the molecule is Cc1cc(C)cc(N2C(=O)C(SC(C)C)=C(c3ccc(C)c(C)c3)C2=O)c1. The van der Waals surface area contributed by atoms with Gasteiger partial charge in [0.2, 0.25) is 0 Å². The third-order valence-corrected chi connectivity index (χ3v) is 5.74. The molecule has 0 aromatic heterocycles. The number of carbonyl (C=O) groups excluding carboxylic acids is 2. The van der Waals surface area contributed by atoms with E-state index in [9.17, 15) is 9.59 Å². The molecule has 0 saturated heterocycles. The lowest BCUT2D eigenvalue weighted by Crippen LogP contribution is -2.31. The van der Waals surface area contributed by atoms with Crippen LogP contribution in [0.5, 0.6) is 0 Å². The van der Waals surface area contributed by atoms with Crippen LogP contribution in [-0.2, 0) is 9.59 Å². The van der Waals surface area contributed by atoms with Crippen LogP contribution in [0.1, 0.15) is 41.7 Å². The van der Waals surface area contributed by atoms with E-state index >= 15 is 0 Å². The van der Waals surface area contributed by atoms with Gasteiger partial charge in [-0.2, -0.15) is 0 Å². The zero-order chi connectivity index (χ0) is 19.9. The van der Waals surface area contributed by atoms with Gasteiger partial charge in [0.15, 0.2) is 0 Å². The molecule has 0 unspecified atom stereocenters. The van der Waals surface area contributed by atoms with E-state index in [1.807, 2.05) is 77.9 Å². The van der Waals surface area contributed by atoms with Gasteiger partial charge in [0, 0.05) is 5.25 Å². The van der Waals surface area contributed by atoms with Crippen LogP contribution >= 0.6 is 11.8 Å². The first kappa shape index (κ1) is 19.4. The minimum atomic E-state index is -0.239. The topological polar surface area (TPSA) is 37.4 Å². The van der Waals surface area contributed by atoms with Crippen molar-refractivity contribution in [2.45, 2.75) is 46.8 Å². The van der Waals surface area contributed by atoms with Crippen LogP contribution < -0.4 is 4.90 Å². The minimum absolute atomic E-state index is 0.206. The fraction of sp³-hybridized carbons (Fsp3) is 0.304. The van der Waals surface area contributed by atoms with Gasteiger partial charge in [0.05, 0.1) is 16.2 Å². The Labute approximate surface area is 165 Å². The van der Waals surface area contributed by atoms with Gasteiger partial charge >= 0.3 is 0 Å². The van der Waals surface area contributed by atoms with Gasteiger partial charge in [-0.1, -0.05) is 38.1 Å². The number of benzene rings is 2. The quantitative estimate of drug-likeness (QED) is 0.672. The van der Waals surface area contributed by atoms with Crippen molar-refractivity contribution in [3.8, 4) is 0 Å². The Morgan fingerprint density at radius 3 is 2.00 bits per heavy atom. The monoisotopic (exact) mass is 379 g/mol. The second-order valence-corrected chi connectivity index (χ2v) is 9.05. The molecule has 1 aliphatic rings. The van der Waals surface area contributed by atoms with E-state index in [1.54, 1.807) is 0 Å². The van der Waals surface area contributed by atoms with E-state index in [4.69, 9.17) is 0 Å². The molecular weight excluding hydrogens is 354 g/mol. The summed E-state index contributed by atoms with van der Waals surface area (Å²) >= 11 is 1.46. The molecule has 27 heavy (non-hydrogen) atoms. The summed E-state index contributed by atoms with van der Waals surface area (Å²) in [5.41, 5.74) is 6.31. The number of hydrogen-bond acceptors (Lipinski definition) is 3. The first-order chi connectivity index (χ1) is 12.7. The van der Waals surface area contributed by atoms with Crippen molar-refractivity contribution in [1.29, 1.82) is 0 Å². The van der Waals surface area contributed by atoms with Gasteiger partial charge in [-0.25, -0.2) is 4.90 Å². The van der Waals surface area contributed by atoms with Crippen LogP contribution in [0.25, 0.3) is 5.57 Å². The highest BCUT2D eigenvalue weighted by Crippen LogP contribution is 2.40. The lowest BCUT2D eigenvalue weighted by atomic mass is 10.0. The standard InChI is InChI=1S/C23H25NO2S/c1-13(2)27-21-20(18-8-7-16(5)17(6)12-18)22(25)24(23(21)26)19-10-14(3)9-15(4)11-19/h7-13H,1-6H3. The average molecular weight is 380 g/mol. The van der Waals surface area contributed by atoms with Gasteiger partial charge < -0.3 is 0 Å². The molecule has 2 amide bonds. The Bertz CT molecular complexity index is 952. The Morgan fingerprint density at radius 2 is 1.44 bits per heavy atom. The van der Waals surface area contributed by atoms with Gasteiger partial charge in [-0.05, 0) is 67.6 Å². The summed E-state index contributed by atoms with van der Waals surface area (Å²) in [7, 11) is 0. The molecule has 1 heterocycles. The lowest BCUT2D eigenvalue weighted by Gasteiger charge is -2.17. The maximum absolute atomic E-state index is 13.4. The van der Waals surface area contributed by atoms with Crippen molar-refractivity contribution >= 4 is 34.8 Å². The molecule has 0 bridgehead atoms. The predicted octanol–water partition coefficient (Wildman–Crippen LogP) is 5.35. The third kappa shape index (κ3) is 3.72. The van der Waals surface area contributed by atoms with Gasteiger partial charge in [-0.15, -0.1) is 11.8 Å². The summed E-state index contributed by atoms with van der Waals surface area (Å²) in [6.45, 7) is 12.1. The van der Waals surface area contributed by atoms with E-state index in [0.717, 1.165) is 22.3 Å². The highest BCUT2D eigenvalue weighted by molar-refractivity contribution is 8.04. The number of anilines is 1. The largest absolute Gasteiger partial charge is 0.272 e. The van der Waals surface area contributed by atoms with Gasteiger partial charge in [0.25, 0.3) is 11.8 Å². The zero-order valence-electron chi connectivity index (χ0n) is 16.7. The van der Waals surface area contributed by atoms with Crippen LogP contribution in [0.4, 0.5) is 5.69 Å². The molecule has 2 aromatic carbocycles. The van der Waals surface area contributed by atoms with Crippen molar-refractivity contribution in [2.75, 3.05) is 4.90 Å². The minimum Gasteiger partial charge on any atom is -0.268 e. The average Bonchev–Trinajstić information content (AvgIpc) is 2.79. The summed E-state index contributed by atoms with van der Waals surface area (Å²) < 4.78 is 0. The number of aryl methyl sites for hydroxylation is 4. The molecule has 3 nitrogen and oxygen atoms in total. The third-order valence-electron chi connectivity index (χ3n) is 4.66. The number of amides is 2. The Kier molecular flexibility index (Phi) is 5.29. The highest BCUT2D eigenvalue weighted by atomic mass is 32.2. The van der Waals surface area contributed by atoms with Crippen LogP contribution in [-0.4, -0.2) is 17.1 Å². The second-order valence-electron chi connectivity index (χ2n) is 7.46. The predicted molar refractivity (Wildman–Crippen MR) is 114 cm³/mol. The molecule has 0 spiro atoms. The van der Waals surface area contributed by atoms with Gasteiger partial charge in [0.1, 0.15) is 0 Å². The van der Waals surface area contributed by atoms with E-state index in [2.05, 4.69) is 0 Å². The summed E-state index contributed by atoms with van der Waals surface area (Å²) in [5, 5.41) is 0.206. The lowest BCUT2D eigenvalue weighted by molar-refractivity contribution is -0.119. The first-order valence-electron chi connectivity index (χ1n) is 9.14. The number of nitrogens with zero attached hydrogens (tertiary/aromatic N) is 1. The Morgan fingerprint density at radius 1 is 0.815 bits per heavy atom. The molecule has 0 saturated carbocycles. The Balaban J connectivity index is 2.15. The molecule has 4 heteroatoms. The van der Waals surface area contributed by atoms with Crippen LogP contribution in [0.15, 0.2) is 41.3 Å². The molecule has 0 aliphatic carbocycles. The molecule has 0 N–H and O–H groups in total.